The number of hydrogen-bond acceptors (Lipinski definition) is 10. The molecular formula is C26H34O10. The molecule has 0 bridgehead atoms. The topological polar surface area (TPSA) is 147 Å². The summed E-state index contributed by atoms with van der Waals surface area (Å²) in [6, 6.07) is 8.81. The van der Waals surface area contributed by atoms with Gasteiger partial charge in [0, 0.05) is 5.56 Å². The molecule has 1 saturated heterocycles. The summed E-state index contributed by atoms with van der Waals surface area (Å²) in [5.74, 6) is 1.10. The van der Waals surface area contributed by atoms with E-state index in [1.54, 1.807) is 26.2 Å². The number of fused-ring (bicyclic) bond motifs is 1. The molecule has 4 rings (SSSR count). The number of aromatic hydroxyl groups is 1. The second-order valence-corrected chi connectivity index (χ2v) is 9.13. The first kappa shape index (κ1) is 26.5. The van der Waals surface area contributed by atoms with Crippen molar-refractivity contribution in [1.29, 1.82) is 0 Å². The van der Waals surface area contributed by atoms with Crippen LogP contribution in [-0.2, 0) is 15.9 Å². The zero-order chi connectivity index (χ0) is 26.0. The Balaban J connectivity index is 1.45. The van der Waals surface area contributed by atoms with Gasteiger partial charge in [0.25, 0.3) is 0 Å². The van der Waals surface area contributed by atoms with Gasteiger partial charge in [-0.15, -0.1) is 0 Å². The van der Waals surface area contributed by atoms with Crippen LogP contribution in [0.3, 0.4) is 0 Å². The quantitative estimate of drug-likeness (QED) is 0.316. The Labute approximate surface area is 209 Å². The summed E-state index contributed by atoms with van der Waals surface area (Å²) in [4.78, 5) is 0. The first-order valence-corrected chi connectivity index (χ1v) is 12.0. The minimum Gasteiger partial charge on any atom is -0.504 e. The van der Waals surface area contributed by atoms with E-state index in [4.69, 9.17) is 23.7 Å². The highest BCUT2D eigenvalue weighted by Crippen LogP contribution is 2.51. The maximum Gasteiger partial charge on any atom is 0.186 e. The largest absolute Gasteiger partial charge is 0.504 e. The highest BCUT2D eigenvalue weighted by atomic mass is 16.7. The van der Waals surface area contributed by atoms with Crippen LogP contribution in [0.25, 0.3) is 0 Å². The molecule has 0 amide bonds. The molecule has 10 nitrogen and oxygen atoms in total. The SMILES string of the molecule is COc1cc(C2Oc3c(OC)cc(CCCOC4OC(C)C(O)C(O)C4O)cc3C2CO)ccc1O. The van der Waals surface area contributed by atoms with Gasteiger partial charge in [-0.05, 0) is 49.1 Å². The molecule has 198 valence electrons. The van der Waals surface area contributed by atoms with E-state index in [0.717, 1.165) is 16.7 Å². The summed E-state index contributed by atoms with van der Waals surface area (Å²) in [5.41, 5.74) is 2.53. The lowest BCUT2D eigenvalue weighted by molar-refractivity contribution is -0.293. The van der Waals surface area contributed by atoms with Gasteiger partial charge in [0.15, 0.2) is 29.3 Å². The van der Waals surface area contributed by atoms with Gasteiger partial charge in [0.2, 0.25) is 0 Å². The first-order valence-electron chi connectivity index (χ1n) is 12.0. The minimum absolute atomic E-state index is 0.0192. The molecule has 0 radical (unpaired) electrons. The van der Waals surface area contributed by atoms with Crippen molar-refractivity contribution in [3.05, 3.63) is 47.0 Å². The predicted octanol–water partition coefficient (Wildman–Crippen LogP) is 1.40. The van der Waals surface area contributed by atoms with Crippen LogP contribution in [-0.4, -0.2) is 83.7 Å². The Kier molecular flexibility index (Phi) is 8.23. The monoisotopic (exact) mass is 506 g/mol. The van der Waals surface area contributed by atoms with Gasteiger partial charge in [-0.25, -0.2) is 0 Å². The average Bonchev–Trinajstić information content (AvgIpc) is 3.26. The van der Waals surface area contributed by atoms with E-state index in [9.17, 15) is 25.5 Å². The van der Waals surface area contributed by atoms with E-state index in [1.807, 2.05) is 12.1 Å². The number of aliphatic hydroxyl groups is 4. The summed E-state index contributed by atoms with van der Waals surface area (Å²) < 4.78 is 28.1. The molecule has 36 heavy (non-hydrogen) atoms. The van der Waals surface area contributed by atoms with Crippen LogP contribution >= 0.6 is 0 Å². The summed E-state index contributed by atoms with van der Waals surface area (Å²) in [6.45, 7) is 1.71. The van der Waals surface area contributed by atoms with Gasteiger partial charge in [0.1, 0.15) is 24.4 Å². The van der Waals surface area contributed by atoms with Crippen molar-refractivity contribution in [3.8, 4) is 23.0 Å². The van der Waals surface area contributed by atoms with Crippen LogP contribution in [0.5, 0.6) is 23.0 Å². The van der Waals surface area contributed by atoms with Crippen LogP contribution in [0, 0.1) is 0 Å². The Hall–Kier alpha value is -2.60. The maximum atomic E-state index is 10.2. The Morgan fingerprint density at radius 1 is 0.944 bits per heavy atom. The molecule has 0 saturated carbocycles. The van der Waals surface area contributed by atoms with Crippen molar-refractivity contribution in [1.82, 2.24) is 0 Å². The third-order valence-electron chi connectivity index (χ3n) is 6.80. The molecule has 0 aliphatic carbocycles. The Morgan fingerprint density at radius 2 is 1.69 bits per heavy atom. The van der Waals surface area contributed by atoms with Crippen molar-refractivity contribution < 1.29 is 49.2 Å². The number of ether oxygens (including phenoxy) is 5. The highest BCUT2D eigenvalue weighted by Gasteiger charge is 2.42. The minimum atomic E-state index is -1.34. The van der Waals surface area contributed by atoms with Crippen LogP contribution in [0.4, 0.5) is 0 Å². The second kappa shape index (κ2) is 11.2. The molecule has 1 fully saturated rings. The van der Waals surface area contributed by atoms with Gasteiger partial charge in [-0.2, -0.15) is 0 Å². The zero-order valence-electron chi connectivity index (χ0n) is 20.5. The summed E-state index contributed by atoms with van der Waals surface area (Å²) in [5, 5.41) is 50.0. The number of hydrogen-bond donors (Lipinski definition) is 5. The van der Waals surface area contributed by atoms with Crippen LogP contribution in [0.1, 0.15) is 42.1 Å². The van der Waals surface area contributed by atoms with Gasteiger partial charge >= 0.3 is 0 Å². The lowest BCUT2D eigenvalue weighted by Crippen LogP contribution is -2.57. The van der Waals surface area contributed by atoms with Crippen molar-refractivity contribution in [3.63, 3.8) is 0 Å². The average molecular weight is 507 g/mol. The van der Waals surface area contributed by atoms with Crippen molar-refractivity contribution in [2.45, 2.75) is 62.5 Å². The lowest BCUT2D eigenvalue weighted by Gasteiger charge is -2.38. The molecule has 2 heterocycles. The van der Waals surface area contributed by atoms with Crippen LogP contribution < -0.4 is 14.2 Å². The van der Waals surface area contributed by atoms with Gasteiger partial charge < -0.3 is 49.2 Å². The third-order valence-corrected chi connectivity index (χ3v) is 6.80. The molecule has 2 aromatic rings. The fraction of sp³-hybridized carbons (Fsp3) is 0.538. The first-order chi connectivity index (χ1) is 17.3. The van der Waals surface area contributed by atoms with Crippen molar-refractivity contribution in [2.75, 3.05) is 27.4 Å². The predicted molar refractivity (Wildman–Crippen MR) is 127 cm³/mol. The number of aliphatic hydroxyl groups excluding tert-OH is 4. The Bertz CT molecular complexity index is 1040. The van der Waals surface area contributed by atoms with E-state index in [1.165, 1.54) is 13.2 Å². The molecule has 10 heteroatoms. The zero-order valence-corrected chi connectivity index (χ0v) is 20.5. The molecule has 0 aromatic heterocycles. The van der Waals surface area contributed by atoms with Gasteiger partial charge in [-0.3, -0.25) is 0 Å². The molecule has 2 aliphatic rings. The van der Waals surface area contributed by atoms with Crippen LogP contribution in [0.2, 0.25) is 0 Å². The summed E-state index contributed by atoms with van der Waals surface area (Å²) in [7, 11) is 3.03. The lowest BCUT2D eigenvalue weighted by atomic mass is 9.90. The molecule has 5 N–H and O–H groups in total. The molecular weight excluding hydrogens is 472 g/mol. The summed E-state index contributed by atoms with van der Waals surface area (Å²) in [6.07, 6.45) is -4.82. The fourth-order valence-electron chi connectivity index (χ4n) is 4.75. The second-order valence-electron chi connectivity index (χ2n) is 9.13. The van der Waals surface area contributed by atoms with E-state index in [0.29, 0.717) is 30.1 Å². The maximum absolute atomic E-state index is 10.2. The smallest absolute Gasteiger partial charge is 0.186 e. The molecule has 7 unspecified atom stereocenters. The van der Waals surface area contributed by atoms with E-state index in [-0.39, 0.29) is 24.9 Å². The number of phenols is 1. The number of phenolic OH excluding ortho intramolecular Hbond substituents is 1. The number of benzene rings is 2. The van der Waals surface area contributed by atoms with Gasteiger partial charge in [0.05, 0.1) is 39.5 Å². The third kappa shape index (κ3) is 5.10. The standard InChI is InChI=1S/C26H34O10/c1-13-21(29)22(30)23(31)26(35-13)34-8-4-5-14-9-16-17(12-27)24(36-25(16)20(10-14)33-3)15-6-7-18(28)19(11-15)32-2/h6-7,9-11,13,17,21-24,26-31H,4-5,8,12H2,1-3H3. The molecule has 2 aromatic carbocycles. The fourth-order valence-corrected chi connectivity index (χ4v) is 4.75. The van der Waals surface area contributed by atoms with E-state index < -0.39 is 36.8 Å². The van der Waals surface area contributed by atoms with E-state index in [2.05, 4.69) is 0 Å². The van der Waals surface area contributed by atoms with Crippen molar-refractivity contribution >= 4 is 0 Å². The van der Waals surface area contributed by atoms with Crippen molar-refractivity contribution in [2.24, 2.45) is 0 Å². The number of aryl methyl sites for hydroxylation is 1. The summed E-state index contributed by atoms with van der Waals surface area (Å²) >= 11 is 0. The number of methoxy groups -OCH3 is 2. The van der Waals surface area contributed by atoms with E-state index >= 15 is 0 Å². The van der Waals surface area contributed by atoms with Gasteiger partial charge in [-0.1, -0.05) is 12.1 Å². The molecule has 7 atom stereocenters. The molecule has 2 aliphatic heterocycles. The molecule has 0 spiro atoms. The number of rotatable bonds is 9. The normalized spacial score (nSPS) is 29.5. The Morgan fingerprint density at radius 3 is 2.39 bits per heavy atom. The van der Waals surface area contributed by atoms with Crippen LogP contribution in [0.15, 0.2) is 30.3 Å². The highest BCUT2D eigenvalue weighted by molar-refractivity contribution is 5.56.